The molecule has 1 amide bonds. The monoisotopic (exact) mass is 270 g/mol. The molecule has 0 spiro atoms. The molecule has 2 unspecified atom stereocenters. The third kappa shape index (κ3) is 3.69. The molecule has 110 valence electrons. The summed E-state index contributed by atoms with van der Waals surface area (Å²) in [5, 5.41) is 9.28. The maximum atomic E-state index is 12.2. The number of nitrogens with two attached hydrogens (primary N) is 1. The lowest BCUT2D eigenvalue weighted by atomic mass is 9.74. The van der Waals surface area contributed by atoms with E-state index < -0.39 is 17.4 Å². The normalized spacial score (nSPS) is 22.1. The van der Waals surface area contributed by atoms with E-state index in [-0.39, 0.29) is 11.8 Å². The van der Waals surface area contributed by atoms with Crippen molar-refractivity contribution in [2.75, 3.05) is 13.1 Å². The Morgan fingerprint density at radius 1 is 1.47 bits per heavy atom. The highest BCUT2D eigenvalue weighted by Crippen LogP contribution is 2.34. The minimum atomic E-state index is -0.801. The van der Waals surface area contributed by atoms with Gasteiger partial charge in [-0.25, -0.2) is 0 Å². The van der Waals surface area contributed by atoms with Gasteiger partial charge in [0, 0.05) is 13.1 Å². The highest BCUT2D eigenvalue weighted by Gasteiger charge is 2.40. The largest absolute Gasteiger partial charge is 0.481 e. The molecule has 0 aliphatic carbocycles. The summed E-state index contributed by atoms with van der Waals surface area (Å²) >= 11 is 0. The highest BCUT2D eigenvalue weighted by atomic mass is 16.4. The fourth-order valence-electron chi connectivity index (χ4n) is 2.61. The zero-order valence-electron chi connectivity index (χ0n) is 12.2. The summed E-state index contributed by atoms with van der Waals surface area (Å²) in [6.07, 6.45) is 3.27. The molecule has 1 aliphatic heterocycles. The molecule has 5 heteroatoms. The molecule has 5 nitrogen and oxygen atoms in total. The van der Waals surface area contributed by atoms with Gasteiger partial charge in [-0.05, 0) is 39.0 Å². The molecule has 1 heterocycles. The van der Waals surface area contributed by atoms with E-state index in [2.05, 4.69) is 0 Å². The average molecular weight is 270 g/mol. The van der Waals surface area contributed by atoms with Gasteiger partial charge in [-0.3, -0.25) is 9.59 Å². The second kappa shape index (κ2) is 6.37. The van der Waals surface area contributed by atoms with Gasteiger partial charge in [-0.1, -0.05) is 13.3 Å². The minimum absolute atomic E-state index is 0.00322. The summed E-state index contributed by atoms with van der Waals surface area (Å²) in [6, 6.07) is -0.448. The third-order valence-electron chi connectivity index (χ3n) is 4.22. The van der Waals surface area contributed by atoms with E-state index in [1.807, 2.05) is 6.92 Å². The summed E-state index contributed by atoms with van der Waals surface area (Å²) in [6.45, 7) is 6.68. The summed E-state index contributed by atoms with van der Waals surface area (Å²) in [5.74, 6) is -0.839. The zero-order chi connectivity index (χ0) is 14.6. The Balaban J connectivity index is 2.69. The first-order valence-electron chi connectivity index (χ1n) is 7.08. The number of rotatable bonds is 5. The molecule has 2 atom stereocenters. The van der Waals surface area contributed by atoms with E-state index in [0.717, 1.165) is 19.3 Å². The van der Waals surface area contributed by atoms with Gasteiger partial charge in [0.25, 0.3) is 0 Å². The summed E-state index contributed by atoms with van der Waals surface area (Å²) in [4.78, 5) is 25.2. The van der Waals surface area contributed by atoms with Gasteiger partial charge < -0.3 is 15.7 Å². The Kier molecular flexibility index (Phi) is 5.35. The molecule has 0 radical (unpaired) electrons. The number of carbonyl (C=O) groups is 2. The van der Waals surface area contributed by atoms with Crippen molar-refractivity contribution in [3.05, 3.63) is 0 Å². The van der Waals surface area contributed by atoms with E-state index in [1.165, 1.54) is 0 Å². The summed E-state index contributed by atoms with van der Waals surface area (Å²) in [7, 11) is 0. The number of nitrogens with zero attached hydrogens (tertiary/aromatic N) is 1. The molecular weight excluding hydrogens is 244 g/mol. The van der Waals surface area contributed by atoms with E-state index in [0.29, 0.717) is 19.5 Å². The molecule has 1 rings (SSSR count). The predicted molar refractivity (Wildman–Crippen MR) is 73.6 cm³/mol. The van der Waals surface area contributed by atoms with E-state index in [9.17, 15) is 14.7 Å². The molecule has 0 saturated carbocycles. The Labute approximate surface area is 115 Å². The minimum Gasteiger partial charge on any atom is -0.481 e. The van der Waals surface area contributed by atoms with Crippen LogP contribution >= 0.6 is 0 Å². The van der Waals surface area contributed by atoms with Crippen LogP contribution in [0.2, 0.25) is 0 Å². The quantitative estimate of drug-likeness (QED) is 0.792. The fraction of sp³-hybridized carbons (Fsp3) is 0.857. The molecule has 0 aromatic carbocycles. The van der Waals surface area contributed by atoms with Crippen LogP contribution in [0.15, 0.2) is 0 Å². The van der Waals surface area contributed by atoms with Crippen molar-refractivity contribution in [2.24, 2.45) is 17.1 Å². The Bertz CT molecular complexity index is 342. The lowest BCUT2D eigenvalue weighted by Crippen LogP contribution is -2.51. The van der Waals surface area contributed by atoms with Crippen molar-refractivity contribution in [3.8, 4) is 0 Å². The van der Waals surface area contributed by atoms with E-state index in [1.54, 1.807) is 18.7 Å². The fourth-order valence-corrected chi connectivity index (χ4v) is 2.61. The van der Waals surface area contributed by atoms with Gasteiger partial charge in [0.15, 0.2) is 0 Å². The average Bonchev–Trinajstić information content (AvgIpc) is 2.38. The van der Waals surface area contributed by atoms with Crippen molar-refractivity contribution < 1.29 is 14.7 Å². The molecule has 0 aromatic heterocycles. The maximum absolute atomic E-state index is 12.2. The maximum Gasteiger partial charge on any atom is 0.309 e. The van der Waals surface area contributed by atoms with Gasteiger partial charge in [0.05, 0.1) is 11.5 Å². The first-order valence-corrected chi connectivity index (χ1v) is 7.08. The molecule has 3 N–H and O–H groups in total. The number of aliphatic carboxylic acids is 1. The standard InChI is InChI=1S/C14H26N2O3/c1-4-6-11(15)12(17)16-8-5-7-10(9-16)14(2,3)13(18)19/h10-11H,4-9,15H2,1-3H3,(H,18,19). The van der Waals surface area contributed by atoms with Crippen LogP contribution in [-0.4, -0.2) is 41.0 Å². The van der Waals surface area contributed by atoms with Crippen molar-refractivity contribution in [1.82, 2.24) is 4.90 Å². The zero-order valence-corrected chi connectivity index (χ0v) is 12.2. The Hall–Kier alpha value is -1.10. The van der Waals surface area contributed by atoms with Crippen LogP contribution in [0, 0.1) is 11.3 Å². The smallest absolute Gasteiger partial charge is 0.309 e. The molecule has 1 saturated heterocycles. The number of hydrogen-bond acceptors (Lipinski definition) is 3. The lowest BCUT2D eigenvalue weighted by Gasteiger charge is -2.40. The van der Waals surface area contributed by atoms with Crippen LogP contribution < -0.4 is 5.73 Å². The molecule has 1 fully saturated rings. The number of carboxylic acid groups (broad SMARTS) is 1. The van der Waals surface area contributed by atoms with Crippen LogP contribution in [-0.2, 0) is 9.59 Å². The molecule has 0 bridgehead atoms. The second-order valence-electron chi connectivity index (χ2n) is 6.05. The summed E-state index contributed by atoms with van der Waals surface area (Å²) in [5.41, 5.74) is 5.07. The Morgan fingerprint density at radius 2 is 2.11 bits per heavy atom. The first kappa shape index (κ1) is 16.0. The van der Waals surface area contributed by atoms with Crippen molar-refractivity contribution in [3.63, 3.8) is 0 Å². The molecule has 1 aliphatic rings. The van der Waals surface area contributed by atoms with Gasteiger partial charge in [0.1, 0.15) is 0 Å². The number of hydrogen-bond donors (Lipinski definition) is 2. The molecular formula is C14H26N2O3. The predicted octanol–water partition coefficient (Wildman–Crippen LogP) is 1.46. The number of carbonyl (C=O) groups excluding carboxylic acids is 1. The van der Waals surface area contributed by atoms with Crippen LogP contribution in [0.25, 0.3) is 0 Å². The van der Waals surface area contributed by atoms with Crippen LogP contribution in [0.5, 0.6) is 0 Å². The number of amides is 1. The summed E-state index contributed by atoms with van der Waals surface area (Å²) < 4.78 is 0. The first-order chi connectivity index (χ1) is 8.80. The topological polar surface area (TPSA) is 83.6 Å². The Morgan fingerprint density at radius 3 is 2.63 bits per heavy atom. The number of likely N-dealkylation sites (tertiary alicyclic amines) is 1. The molecule has 19 heavy (non-hydrogen) atoms. The van der Waals surface area contributed by atoms with Gasteiger partial charge >= 0.3 is 5.97 Å². The van der Waals surface area contributed by atoms with Crippen LogP contribution in [0.1, 0.15) is 46.5 Å². The molecule has 0 aromatic rings. The van der Waals surface area contributed by atoms with Gasteiger partial charge in [-0.15, -0.1) is 0 Å². The van der Waals surface area contributed by atoms with Crippen molar-refractivity contribution in [1.29, 1.82) is 0 Å². The van der Waals surface area contributed by atoms with E-state index >= 15 is 0 Å². The van der Waals surface area contributed by atoms with Crippen LogP contribution in [0.3, 0.4) is 0 Å². The number of piperidine rings is 1. The third-order valence-corrected chi connectivity index (χ3v) is 4.22. The van der Waals surface area contributed by atoms with E-state index in [4.69, 9.17) is 5.73 Å². The lowest BCUT2D eigenvalue weighted by molar-refractivity contribution is -0.153. The van der Waals surface area contributed by atoms with Crippen LogP contribution in [0.4, 0.5) is 0 Å². The van der Waals surface area contributed by atoms with Crippen molar-refractivity contribution >= 4 is 11.9 Å². The second-order valence-corrected chi connectivity index (χ2v) is 6.05. The number of carboxylic acids is 1. The van der Waals surface area contributed by atoms with Gasteiger partial charge in [0.2, 0.25) is 5.91 Å². The van der Waals surface area contributed by atoms with Crippen molar-refractivity contribution in [2.45, 2.75) is 52.5 Å². The highest BCUT2D eigenvalue weighted by molar-refractivity contribution is 5.82. The SMILES string of the molecule is CCCC(N)C(=O)N1CCCC(C(C)(C)C(=O)O)C1. The van der Waals surface area contributed by atoms with Gasteiger partial charge in [-0.2, -0.15) is 0 Å².